The van der Waals surface area contributed by atoms with Crippen LogP contribution in [0.15, 0.2) is 72.8 Å². The Morgan fingerprint density at radius 1 is 0.868 bits per heavy atom. The van der Waals surface area contributed by atoms with Gasteiger partial charge < -0.3 is 10.1 Å². The Labute approximate surface area is 211 Å². The predicted molar refractivity (Wildman–Crippen MR) is 119 cm³/mol. The third kappa shape index (κ3) is 7.20. The number of hydrogen-bond acceptors (Lipinski definition) is 2. The number of carbonyl (C=O) groups is 1. The minimum absolute atomic E-state index is 0.0496. The van der Waals surface area contributed by atoms with Crippen molar-refractivity contribution >= 4 is 5.91 Å². The second-order valence-electron chi connectivity index (χ2n) is 8.34. The van der Waals surface area contributed by atoms with Crippen molar-refractivity contribution in [2.45, 2.75) is 43.5 Å². The zero-order valence-electron chi connectivity index (χ0n) is 19.3. The Morgan fingerprint density at radius 3 is 2.05 bits per heavy atom. The quantitative estimate of drug-likeness (QED) is 0.273. The highest BCUT2D eigenvalue weighted by Crippen LogP contribution is 2.38. The van der Waals surface area contributed by atoms with Crippen LogP contribution in [0, 0.1) is 11.6 Å². The molecule has 1 atom stereocenters. The Balaban J connectivity index is 2.16. The molecule has 3 rings (SSSR count). The van der Waals surface area contributed by atoms with Crippen molar-refractivity contribution < 1.29 is 49.0 Å². The van der Waals surface area contributed by atoms with E-state index in [-0.39, 0.29) is 12.0 Å². The molecule has 0 fully saturated rings. The van der Waals surface area contributed by atoms with Crippen LogP contribution >= 0.6 is 0 Å². The fourth-order valence-electron chi connectivity index (χ4n) is 3.84. The molecule has 3 aromatic rings. The molecule has 0 saturated carbocycles. The summed E-state index contributed by atoms with van der Waals surface area (Å²) in [5.41, 5.74) is -1.86. The van der Waals surface area contributed by atoms with Gasteiger partial charge in [-0.1, -0.05) is 42.5 Å². The van der Waals surface area contributed by atoms with Gasteiger partial charge in [0, 0.05) is 24.5 Å². The second kappa shape index (κ2) is 11.4. The average Bonchev–Trinajstić information content (AvgIpc) is 2.83. The Bertz CT molecular complexity index is 1230. The van der Waals surface area contributed by atoms with Crippen LogP contribution in [-0.4, -0.2) is 24.6 Å². The van der Waals surface area contributed by atoms with Crippen molar-refractivity contribution in [3.05, 3.63) is 101 Å². The molecule has 3 aromatic carbocycles. The van der Waals surface area contributed by atoms with Gasteiger partial charge in [-0.25, -0.2) is 8.78 Å². The van der Waals surface area contributed by atoms with Crippen molar-refractivity contribution in [2.75, 3.05) is 0 Å². The van der Waals surface area contributed by atoms with Crippen molar-refractivity contribution in [3.63, 3.8) is 0 Å². The van der Waals surface area contributed by atoms with Crippen LogP contribution in [0.4, 0.5) is 39.5 Å². The monoisotopic (exact) mass is 549 g/mol. The van der Waals surface area contributed by atoms with Crippen molar-refractivity contribution in [1.82, 2.24) is 5.32 Å². The normalized spacial score (nSPS) is 13.7. The molecule has 0 radical (unpaired) electrons. The van der Waals surface area contributed by atoms with E-state index < -0.39 is 65.9 Å². The highest BCUT2D eigenvalue weighted by Gasteiger charge is 2.45. The van der Waals surface area contributed by atoms with E-state index in [1.165, 1.54) is 12.1 Å². The molecule has 3 nitrogen and oxygen atoms in total. The Hall–Kier alpha value is -3.70. The summed E-state index contributed by atoms with van der Waals surface area (Å²) in [5.74, 6) is -4.10. The Morgan fingerprint density at radius 2 is 1.50 bits per heavy atom. The fourth-order valence-corrected chi connectivity index (χ4v) is 3.84. The van der Waals surface area contributed by atoms with Gasteiger partial charge in [0.1, 0.15) is 17.4 Å². The van der Waals surface area contributed by atoms with E-state index in [0.29, 0.717) is 11.6 Å². The zero-order valence-corrected chi connectivity index (χ0v) is 19.3. The third-order valence-corrected chi connectivity index (χ3v) is 5.55. The maximum atomic E-state index is 15.5. The highest BCUT2D eigenvalue weighted by molar-refractivity contribution is 5.78. The summed E-state index contributed by atoms with van der Waals surface area (Å²) in [7, 11) is 0. The van der Waals surface area contributed by atoms with Gasteiger partial charge in [-0.2, -0.15) is 30.7 Å². The number of carbonyl (C=O) groups excluding carboxylic acids is 1. The van der Waals surface area contributed by atoms with Gasteiger partial charge in [0.15, 0.2) is 0 Å². The molecule has 12 heteroatoms. The lowest BCUT2D eigenvalue weighted by atomic mass is 9.77. The first kappa shape index (κ1) is 28.9. The fraction of sp³-hybridized carbons (Fsp3) is 0.269. The highest BCUT2D eigenvalue weighted by atomic mass is 19.4. The number of halogens is 9. The molecule has 0 spiro atoms. The van der Waals surface area contributed by atoms with E-state index in [1.807, 2.05) is 0 Å². The summed E-state index contributed by atoms with van der Waals surface area (Å²) < 4.78 is 123. The second-order valence-corrected chi connectivity index (χ2v) is 8.34. The molecule has 0 aliphatic carbocycles. The SMILES string of the molecule is O=C(CCC(F)(F)F)NC(Cc1ccccc1)(c1ccc(F)cc1)c1ccc(OC(F)(F)C(F)F)cc1F. The van der Waals surface area contributed by atoms with Crippen LogP contribution < -0.4 is 10.1 Å². The summed E-state index contributed by atoms with van der Waals surface area (Å²) in [4.78, 5) is 12.7. The van der Waals surface area contributed by atoms with Gasteiger partial charge in [0.2, 0.25) is 5.91 Å². The number of benzene rings is 3. The zero-order chi connectivity index (χ0) is 28.1. The largest absolute Gasteiger partial charge is 0.461 e. The average molecular weight is 549 g/mol. The van der Waals surface area contributed by atoms with E-state index in [9.17, 15) is 39.9 Å². The van der Waals surface area contributed by atoms with Crippen LogP contribution in [-0.2, 0) is 16.8 Å². The van der Waals surface area contributed by atoms with Crippen LogP contribution in [0.3, 0.4) is 0 Å². The van der Waals surface area contributed by atoms with Crippen LogP contribution in [0.1, 0.15) is 29.5 Å². The number of ether oxygens (including phenoxy) is 1. The van der Waals surface area contributed by atoms with Gasteiger partial charge in [-0.05, 0) is 35.4 Å². The van der Waals surface area contributed by atoms with Crippen LogP contribution in [0.25, 0.3) is 0 Å². The summed E-state index contributed by atoms with van der Waals surface area (Å²) in [6.45, 7) is 0. The molecular formula is C26H20F9NO2. The first-order valence-electron chi connectivity index (χ1n) is 11.0. The van der Waals surface area contributed by atoms with Gasteiger partial charge >= 0.3 is 18.7 Å². The molecule has 204 valence electrons. The standard InChI is InChI=1S/C26H20F9NO2/c27-18-8-6-17(7-9-18)24(15-16-4-2-1-3-5-16,36-22(37)12-13-25(31,32)33)20-11-10-19(14-21(20)28)38-26(34,35)23(29)30/h1-11,14,23H,12-13,15H2,(H,36,37). The summed E-state index contributed by atoms with van der Waals surface area (Å²) in [5, 5.41) is 2.42. The molecular weight excluding hydrogens is 529 g/mol. The maximum absolute atomic E-state index is 15.5. The topological polar surface area (TPSA) is 38.3 Å². The van der Waals surface area contributed by atoms with Gasteiger partial charge in [-0.15, -0.1) is 0 Å². The molecule has 38 heavy (non-hydrogen) atoms. The lowest BCUT2D eigenvalue weighted by Crippen LogP contribution is -2.49. The predicted octanol–water partition coefficient (Wildman–Crippen LogP) is 7.15. The van der Waals surface area contributed by atoms with E-state index in [4.69, 9.17) is 0 Å². The molecule has 1 amide bonds. The number of alkyl halides is 7. The lowest BCUT2D eigenvalue weighted by Gasteiger charge is -2.37. The van der Waals surface area contributed by atoms with Crippen LogP contribution in [0.2, 0.25) is 0 Å². The first-order chi connectivity index (χ1) is 17.7. The third-order valence-electron chi connectivity index (χ3n) is 5.55. The molecule has 0 aliphatic rings. The van der Waals surface area contributed by atoms with Crippen molar-refractivity contribution in [2.24, 2.45) is 0 Å². The summed E-state index contributed by atoms with van der Waals surface area (Å²) in [6.07, 6.45) is -16.6. The lowest BCUT2D eigenvalue weighted by molar-refractivity contribution is -0.253. The smallest absolute Gasteiger partial charge is 0.428 e. The summed E-state index contributed by atoms with van der Waals surface area (Å²) >= 11 is 0. The minimum atomic E-state index is -4.93. The number of nitrogens with one attached hydrogen (secondary N) is 1. The number of amides is 1. The molecule has 1 unspecified atom stereocenters. The van der Waals surface area contributed by atoms with Gasteiger partial charge in [-0.3, -0.25) is 4.79 Å². The minimum Gasteiger partial charge on any atom is -0.428 e. The van der Waals surface area contributed by atoms with E-state index in [1.54, 1.807) is 30.3 Å². The van der Waals surface area contributed by atoms with Crippen molar-refractivity contribution in [3.8, 4) is 5.75 Å². The van der Waals surface area contributed by atoms with Gasteiger partial charge in [0.05, 0.1) is 12.0 Å². The molecule has 0 aliphatic heterocycles. The van der Waals surface area contributed by atoms with E-state index >= 15 is 4.39 Å². The molecule has 0 aromatic heterocycles. The molecule has 1 N–H and O–H groups in total. The molecule has 0 heterocycles. The maximum Gasteiger partial charge on any atom is 0.461 e. The van der Waals surface area contributed by atoms with Gasteiger partial charge in [0.25, 0.3) is 0 Å². The van der Waals surface area contributed by atoms with E-state index in [0.717, 1.165) is 24.3 Å². The number of rotatable bonds is 10. The Kier molecular flexibility index (Phi) is 8.63. The summed E-state index contributed by atoms with van der Waals surface area (Å²) in [6, 6.07) is 14.4. The number of hydrogen-bond donors (Lipinski definition) is 1. The van der Waals surface area contributed by atoms with Crippen molar-refractivity contribution in [1.29, 1.82) is 0 Å². The molecule has 0 saturated heterocycles. The molecule has 0 bridgehead atoms. The first-order valence-corrected chi connectivity index (χ1v) is 11.0. The van der Waals surface area contributed by atoms with Crippen LogP contribution in [0.5, 0.6) is 5.75 Å². The van der Waals surface area contributed by atoms with E-state index in [2.05, 4.69) is 10.1 Å².